The van der Waals surface area contributed by atoms with Gasteiger partial charge in [0.1, 0.15) is 5.75 Å². The Morgan fingerprint density at radius 2 is 2.00 bits per heavy atom. The molecule has 2 aromatic rings. The number of carbonyl (C=O) groups is 1. The standard InChI is InChI=1S/C17H15Br2ClN2O4/c1-2-25-15-6-10(5-13(19)17(15)24)8-21-22-16(23)9-26-14-4-3-11(20)7-12(14)18/h3-8,24H,2,9H2,1H3,(H,22,23)/b21-8+. The van der Waals surface area contributed by atoms with E-state index in [-0.39, 0.29) is 12.4 Å². The molecule has 0 aliphatic rings. The monoisotopic (exact) mass is 504 g/mol. The molecule has 6 nitrogen and oxygen atoms in total. The molecule has 0 aliphatic carbocycles. The highest BCUT2D eigenvalue weighted by atomic mass is 79.9. The molecule has 0 heterocycles. The quantitative estimate of drug-likeness (QED) is 0.428. The van der Waals surface area contributed by atoms with E-state index in [1.54, 1.807) is 30.3 Å². The molecule has 0 aromatic heterocycles. The minimum absolute atomic E-state index is 0.00924. The molecule has 0 unspecified atom stereocenters. The number of rotatable bonds is 7. The molecule has 0 aliphatic heterocycles. The molecule has 0 fully saturated rings. The Kier molecular flexibility index (Phi) is 7.74. The third kappa shape index (κ3) is 5.89. The predicted molar refractivity (Wildman–Crippen MR) is 107 cm³/mol. The molecule has 0 atom stereocenters. The van der Waals surface area contributed by atoms with Gasteiger partial charge in [-0.25, -0.2) is 5.43 Å². The Morgan fingerprint density at radius 1 is 1.23 bits per heavy atom. The number of carbonyl (C=O) groups excluding carboxylic acids is 1. The lowest BCUT2D eigenvalue weighted by molar-refractivity contribution is -0.123. The van der Waals surface area contributed by atoms with Crippen molar-refractivity contribution in [3.63, 3.8) is 0 Å². The van der Waals surface area contributed by atoms with Crippen LogP contribution >= 0.6 is 43.5 Å². The fraction of sp³-hybridized carbons (Fsp3) is 0.176. The molecule has 138 valence electrons. The van der Waals surface area contributed by atoms with Gasteiger partial charge in [0.15, 0.2) is 18.1 Å². The first-order valence-electron chi connectivity index (χ1n) is 7.45. The summed E-state index contributed by atoms with van der Waals surface area (Å²) >= 11 is 12.4. The average Bonchev–Trinajstić information content (AvgIpc) is 2.58. The number of hydrogen-bond acceptors (Lipinski definition) is 5. The molecule has 0 bridgehead atoms. The maximum Gasteiger partial charge on any atom is 0.277 e. The van der Waals surface area contributed by atoms with Gasteiger partial charge in [-0.15, -0.1) is 0 Å². The van der Waals surface area contributed by atoms with Crippen molar-refractivity contribution in [2.24, 2.45) is 5.10 Å². The molecule has 0 saturated heterocycles. The maximum atomic E-state index is 11.8. The SMILES string of the molecule is CCOc1cc(/C=N/NC(=O)COc2ccc(Cl)cc2Br)cc(Br)c1O. The number of phenols is 1. The molecular weight excluding hydrogens is 491 g/mol. The van der Waals surface area contributed by atoms with Gasteiger partial charge in [-0.2, -0.15) is 5.10 Å². The minimum atomic E-state index is -0.425. The van der Waals surface area contributed by atoms with E-state index in [1.807, 2.05) is 6.92 Å². The van der Waals surface area contributed by atoms with Crippen LogP contribution < -0.4 is 14.9 Å². The molecule has 9 heteroatoms. The second kappa shape index (κ2) is 9.80. The van der Waals surface area contributed by atoms with Gasteiger partial charge in [0.2, 0.25) is 0 Å². The van der Waals surface area contributed by atoms with Gasteiger partial charge in [0.25, 0.3) is 5.91 Å². The van der Waals surface area contributed by atoms with Crippen LogP contribution in [0.3, 0.4) is 0 Å². The van der Waals surface area contributed by atoms with Gasteiger partial charge in [-0.1, -0.05) is 11.6 Å². The van der Waals surface area contributed by atoms with Crippen LogP contribution in [0.1, 0.15) is 12.5 Å². The fourth-order valence-corrected chi connectivity index (χ4v) is 3.14. The number of benzene rings is 2. The summed E-state index contributed by atoms with van der Waals surface area (Å²) in [5.74, 6) is 0.406. The second-order valence-electron chi connectivity index (χ2n) is 4.94. The zero-order valence-corrected chi connectivity index (χ0v) is 17.6. The van der Waals surface area contributed by atoms with Crippen LogP contribution in [0, 0.1) is 0 Å². The summed E-state index contributed by atoms with van der Waals surface area (Å²) in [4.78, 5) is 11.8. The average molecular weight is 507 g/mol. The van der Waals surface area contributed by atoms with Crippen molar-refractivity contribution in [1.82, 2.24) is 5.43 Å². The number of halogens is 3. The molecule has 0 radical (unpaired) electrons. The smallest absolute Gasteiger partial charge is 0.277 e. The van der Waals surface area contributed by atoms with E-state index in [9.17, 15) is 9.90 Å². The Morgan fingerprint density at radius 3 is 2.69 bits per heavy atom. The lowest BCUT2D eigenvalue weighted by Gasteiger charge is -2.08. The zero-order valence-electron chi connectivity index (χ0n) is 13.6. The number of amides is 1. The normalized spacial score (nSPS) is 10.8. The highest BCUT2D eigenvalue weighted by Gasteiger charge is 2.09. The third-order valence-corrected chi connectivity index (χ3v) is 4.47. The Bertz CT molecular complexity index is 831. The van der Waals surface area contributed by atoms with Gasteiger partial charge in [0, 0.05) is 5.02 Å². The molecule has 0 spiro atoms. The van der Waals surface area contributed by atoms with Crippen molar-refractivity contribution in [2.45, 2.75) is 6.92 Å². The summed E-state index contributed by atoms with van der Waals surface area (Å²) in [6, 6.07) is 8.25. The molecule has 26 heavy (non-hydrogen) atoms. The van der Waals surface area contributed by atoms with E-state index in [2.05, 4.69) is 42.4 Å². The first-order chi connectivity index (χ1) is 12.4. The highest BCUT2D eigenvalue weighted by molar-refractivity contribution is 9.10. The third-order valence-electron chi connectivity index (χ3n) is 3.01. The topological polar surface area (TPSA) is 80.2 Å². The number of hydrazone groups is 1. The van der Waals surface area contributed by atoms with E-state index in [1.165, 1.54) is 6.21 Å². The number of nitrogens with one attached hydrogen (secondary N) is 1. The van der Waals surface area contributed by atoms with Crippen molar-refractivity contribution in [1.29, 1.82) is 0 Å². The van der Waals surface area contributed by atoms with E-state index < -0.39 is 5.91 Å². The van der Waals surface area contributed by atoms with Gasteiger partial charge >= 0.3 is 0 Å². The number of ether oxygens (including phenoxy) is 2. The van der Waals surface area contributed by atoms with E-state index in [4.69, 9.17) is 21.1 Å². The number of nitrogens with zero attached hydrogens (tertiary/aromatic N) is 1. The fourth-order valence-electron chi connectivity index (χ4n) is 1.88. The second-order valence-corrected chi connectivity index (χ2v) is 7.08. The summed E-state index contributed by atoms with van der Waals surface area (Å²) in [7, 11) is 0. The van der Waals surface area contributed by atoms with Crippen molar-refractivity contribution in [3.05, 3.63) is 49.9 Å². The van der Waals surface area contributed by atoms with Gasteiger partial charge in [-0.3, -0.25) is 4.79 Å². The van der Waals surface area contributed by atoms with E-state index >= 15 is 0 Å². The highest BCUT2D eigenvalue weighted by Crippen LogP contribution is 2.35. The van der Waals surface area contributed by atoms with Gasteiger partial charge < -0.3 is 14.6 Å². The van der Waals surface area contributed by atoms with Crippen molar-refractivity contribution >= 4 is 55.6 Å². The van der Waals surface area contributed by atoms with Crippen LogP contribution in [0.25, 0.3) is 0 Å². The molecule has 2 rings (SSSR count). The van der Waals surface area contributed by atoms with Crippen LogP contribution in [0.15, 0.2) is 44.4 Å². The minimum Gasteiger partial charge on any atom is -0.503 e. The van der Waals surface area contributed by atoms with Gasteiger partial charge in [0.05, 0.1) is 21.8 Å². The molecular formula is C17H15Br2ClN2O4. The Labute approximate surface area is 172 Å². The van der Waals surface area contributed by atoms with Crippen molar-refractivity contribution < 1.29 is 19.4 Å². The van der Waals surface area contributed by atoms with Crippen LogP contribution in [0.5, 0.6) is 17.2 Å². The number of phenolic OH excluding ortho intramolecular Hbond substituents is 1. The molecule has 2 aromatic carbocycles. The molecule has 1 amide bonds. The predicted octanol–water partition coefficient (Wildman–Crippen LogP) is 4.50. The van der Waals surface area contributed by atoms with E-state index in [0.29, 0.717) is 37.6 Å². The maximum absolute atomic E-state index is 11.8. The van der Waals surface area contributed by atoms with Crippen LogP contribution in [0.4, 0.5) is 0 Å². The van der Waals surface area contributed by atoms with Crippen molar-refractivity contribution in [2.75, 3.05) is 13.2 Å². The molecule has 0 saturated carbocycles. The summed E-state index contributed by atoms with van der Waals surface area (Å²) in [5, 5.41) is 14.3. The first kappa shape index (κ1) is 20.5. The Balaban J connectivity index is 1.92. The summed E-state index contributed by atoms with van der Waals surface area (Å²) in [5.41, 5.74) is 3.00. The van der Waals surface area contributed by atoms with Gasteiger partial charge in [-0.05, 0) is 74.7 Å². The summed E-state index contributed by atoms with van der Waals surface area (Å²) in [6.07, 6.45) is 1.43. The summed E-state index contributed by atoms with van der Waals surface area (Å²) in [6.45, 7) is 2.02. The van der Waals surface area contributed by atoms with Crippen LogP contribution in [-0.4, -0.2) is 30.4 Å². The molecule has 2 N–H and O–H groups in total. The summed E-state index contributed by atoms with van der Waals surface area (Å²) < 4.78 is 11.8. The van der Waals surface area contributed by atoms with Crippen LogP contribution in [-0.2, 0) is 4.79 Å². The lowest BCUT2D eigenvalue weighted by atomic mass is 10.2. The number of hydrogen-bond donors (Lipinski definition) is 2. The Hall–Kier alpha value is -1.77. The number of aromatic hydroxyl groups is 1. The zero-order chi connectivity index (χ0) is 19.1. The van der Waals surface area contributed by atoms with Crippen molar-refractivity contribution in [3.8, 4) is 17.2 Å². The largest absolute Gasteiger partial charge is 0.503 e. The van der Waals surface area contributed by atoms with E-state index in [0.717, 1.165) is 0 Å². The van der Waals surface area contributed by atoms with Crippen LogP contribution in [0.2, 0.25) is 5.02 Å². The first-order valence-corrected chi connectivity index (χ1v) is 9.42. The lowest BCUT2D eigenvalue weighted by Crippen LogP contribution is -2.24.